The molecule has 9 heteroatoms. The van der Waals surface area contributed by atoms with Crippen molar-refractivity contribution in [3.8, 4) is 5.75 Å². The van der Waals surface area contributed by atoms with E-state index in [1.54, 1.807) is 18.3 Å². The topological polar surface area (TPSA) is 88.6 Å². The van der Waals surface area contributed by atoms with E-state index in [4.69, 9.17) is 16.3 Å². The van der Waals surface area contributed by atoms with Crippen LogP contribution in [-0.4, -0.2) is 32.5 Å². The Hall–Kier alpha value is -3.10. The normalized spacial score (nSPS) is 13.3. The predicted octanol–water partition coefficient (Wildman–Crippen LogP) is 3.57. The van der Waals surface area contributed by atoms with Crippen molar-refractivity contribution >= 4 is 33.2 Å². The third kappa shape index (κ3) is 4.87. The lowest BCUT2D eigenvalue weighted by Crippen LogP contribution is -2.35. The molecule has 1 aromatic heterocycles. The van der Waals surface area contributed by atoms with Crippen LogP contribution >= 0.6 is 11.6 Å². The number of amides is 1. The maximum Gasteiger partial charge on any atom is 0.264 e. The van der Waals surface area contributed by atoms with E-state index in [1.807, 2.05) is 30.3 Å². The number of carbonyl (C=O) groups excluding carboxylic acids is 1. The van der Waals surface area contributed by atoms with E-state index in [2.05, 4.69) is 10.3 Å². The molecule has 32 heavy (non-hydrogen) atoms. The minimum atomic E-state index is -3.78. The molecule has 1 aliphatic rings. The first-order valence-electron chi connectivity index (χ1n) is 10.1. The fourth-order valence-electron chi connectivity index (χ4n) is 3.52. The molecule has 7 nitrogen and oxygen atoms in total. The number of nitrogens with one attached hydrogen (secondary N) is 1. The van der Waals surface area contributed by atoms with E-state index < -0.39 is 10.0 Å². The lowest BCUT2D eigenvalue weighted by molar-refractivity contribution is -0.123. The van der Waals surface area contributed by atoms with Gasteiger partial charge in [0.25, 0.3) is 15.9 Å². The standard InChI is InChI=1S/C23H22ClN3O4S/c24-20-14-19(32(29,30)27-13-5-7-17-6-1-2-9-21(17)27)10-11-22(20)31-16-23(28)26-15-18-8-3-4-12-25-18/h1-4,6,8-12,14H,5,7,13,15-16H2,(H,26,28). The Morgan fingerprint density at radius 2 is 1.94 bits per heavy atom. The molecular formula is C23H22ClN3O4S. The van der Waals surface area contributed by atoms with Crippen LogP contribution < -0.4 is 14.4 Å². The molecule has 2 heterocycles. The maximum atomic E-state index is 13.3. The quantitative estimate of drug-likeness (QED) is 0.569. The monoisotopic (exact) mass is 471 g/mol. The Morgan fingerprint density at radius 3 is 2.72 bits per heavy atom. The van der Waals surface area contributed by atoms with E-state index in [0.29, 0.717) is 12.2 Å². The van der Waals surface area contributed by atoms with Crippen LogP contribution in [0.25, 0.3) is 0 Å². The largest absolute Gasteiger partial charge is 0.482 e. The Balaban J connectivity index is 1.42. The first-order chi connectivity index (χ1) is 15.4. The van der Waals surface area contributed by atoms with Crippen molar-refractivity contribution in [1.82, 2.24) is 10.3 Å². The average molecular weight is 472 g/mol. The summed E-state index contributed by atoms with van der Waals surface area (Å²) >= 11 is 6.28. The maximum absolute atomic E-state index is 13.3. The number of nitrogens with zero attached hydrogens (tertiary/aromatic N) is 2. The lowest BCUT2D eigenvalue weighted by Gasteiger charge is -2.30. The highest BCUT2D eigenvalue weighted by Crippen LogP contribution is 2.34. The van der Waals surface area contributed by atoms with Gasteiger partial charge >= 0.3 is 0 Å². The number of para-hydroxylation sites is 1. The molecule has 0 bridgehead atoms. The third-order valence-corrected chi connectivity index (χ3v) is 7.22. The van der Waals surface area contributed by atoms with Gasteiger partial charge in [0.2, 0.25) is 0 Å². The van der Waals surface area contributed by atoms with Crippen LogP contribution in [0.15, 0.2) is 71.8 Å². The Morgan fingerprint density at radius 1 is 1.12 bits per heavy atom. The predicted molar refractivity (Wildman–Crippen MR) is 122 cm³/mol. The number of hydrogen-bond donors (Lipinski definition) is 1. The van der Waals surface area contributed by atoms with Crippen LogP contribution in [0.5, 0.6) is 5.75 Å². The molecule has 0 saturated carbocycles. The van der Waals surface area contributed by atoms with Gasteiger partial charge in [-0.3, -0.25) is 14.1 Å². The molecule has 1 amide bonds. The van der Waals surface area contributed by atoms with Crippen molar-refractivity contribution in [1.29, 1.82) is 0 Å². The van der Waals surface area contributed by atoms with Crippen molar-refractivity contribution in [2.45, 2.75) is 24.3 Å². The van der Waals surface area contributed by atoms with E-state index in [-0.39, 0.29) is 34.7 Å². The van der Waals surface area contributed by atoms with Gasteiger partial charge in [-0.1, -0.05) is 35.9 Å². The fourth-order valence-corrected chi connectivity index (χ4v) is 5.39. The number of ether oxygens (including phenoxy) is 1. The highest BCUT2D eigenvalue weighted by Gasteiger charge is 2.29. The summed E-state index contributed by atoms with van der Waals surface area (Å²) < 4.78 is 33.4. The molecule has 3 aromatic rings. The lowest BCUT2D eigenvalue weighted by atomic mass is 10.0. The number of pyridine rings is 1. The van der Waals surface area contributed by atoms with E-state index in [1.165, 1.54) is 22.5 Å². The Labute approximate surface area is 192 Å². The van der Waals surface area contributed by atoms with Gasteiger partial charge in [0.15, 0.2) is 6.61 Å². The van der Waals surface area contributed by atoms with Gasteiger partial charge in [0.1, 0.15) is 5.75 Å². The molecule has 1 aliphatic heterocycles. The zero-order chi connectivity index (χ0) is 22.6. The average Bonchev–Trinajstić information content (AvgIpc) is 2.82. The second-order valence-corrected chi connectivity index (χ2v) is 9.56. The number of carbonyl (C=O) groups is 1. The number of hydrogen-bond acceptors (Lipinski definition) is 5. The van der Waals surface area contributed by atoms with Gasteiger partial charge in [0.05, 0.1) is 27.8 Å². The van der Waals surface area contributed by atoms with Gasteiger partial charge in [-0.15, -0.1) is 0 Å². The van der Waals surface area contributed by atoms with Crippen molar-refractivity contribution < 1.29 is 17.9 Å². The zero-order valence-corrected chi connectivity index (χ0v) is 18.8. The summed E-state index contributed by atoms with van der Waals surface area (Å²) in [4.78, 5) is 16.2. The second kappa shape index (κ2) is 9.58. The van der Waals surface area contributed by atoms with E-state index in [9.17, 15) is 13.2 Å². The number of anilines is 1. The third-order valence-electron chi connectivity index (χ3n) is 5.11. The Bertz CT molecular complexity index is 1220. The van der Waals surface area contributed by atoms with Crippen molar-refractivity contribution in [3.05, 3.63) is 83.1 Å². The number of benzene rings is 2. The highest BCUT2D eigenvalue weighted by atomic mass is 35.5. The van der Waals surface area contributed by atoms with Gasteiger partial charge < -0.3 is 10.1 Å². The molecule has 0 fully saturated rings. The summed E-state index contributed by atoms with van der Waals surface area (Å²) in [6.45, 7) is 0.440. The molecule has 0 radical (unpaired) electrons. The molecular weight excluding hydrogens is 450 g/mol. The fraction of sp³-hybridized carbons (Fsp3) is 0.217. The number of halogens is 1. The van der Waals surface area contributed by atoms with E-state index in [0.717, 1.165) is 24.1 Å². The number of fused-ring (bicyclic) bond motifs is 1. The molecule has 4 rings (SSSR count). The van der Waals surface area contributed by atoms with Crippen molar-refractivity contribution in [2.24, 2.45) is 0 Å². The molecule has 0 atom stereocenters. The molecule has 0 spiro atoms. The van der Waals surface area contributed by atoms with Gasteiger partial charge in [-0.25, -0.2) is 8.42 Å². The van der Waals surface area contributed by atoms with Gasteiger partial charge in [0, 0.05) is 12.7 Å². The van der Waals surface area contributed by atoms with E-state index >= 15 is 0 Å². The first kappa shape index (κ1) is 22.1. The van der Waals surface area contributed by atoms with Crippen LogP contribution in [0, 0.1) is 0 Å². The van der Waals surface area contributed by atoms with Crippen LogP contribution in [0.2, 0.25) is 5.02 Å². The van der Waals surface area contributed by atoms with Crippen LogP contribution in [0.1, 0.15) is 17.7 Å². The highest BCUT2D eigenvalue weighted by molar-refractivity contribution is 7.92. The molecule has 0 aliphatic carbocycles. The summed E-state index contributed by atoms with van der Waals surface area (Å²) in [5.41, 5.74) is 2.43. The second-order valence-electron chi connectivity index (χ2n) is 7.29. The van der Waals surface area contributed by atoms with Gasteiger partial charge in [-0.05, 0) is 54.8 Å². The number of aromatic nitrogens is 1. The smallest absolute Gasteiger partial charge is 0.264 e. The summed E-state index contributed by atoms with van der Waals surface area (Å²) in [7, 11) is -3.78. The zero-order valence-electron chi connectivity index (χ0n) is 17.2. The summed E-state index contributed by atoms with van der Waals surface area (Å²) in [5.74, 6) is -0.106. The summed E-state index contributed by atoms with van der Waals surface area (Å²) in [5, 5.41) is 2.82. The van der Waals surface area contributed by atoms with Crippen molar-refractivity contribution in [3.63, 3.8) is 0 Å². The van der Waals surface area contributed by atoms with Crippen LogP contribution in [0.3, 0.4) is 0 Å². The van der Waals surface area contributed by atoms with Gasteiger partial charge in [-0.2, -0.15) is 0 Å². The molecule has 0 unspecified atom stereocenters. The molecule has 166 valence electrons. The number of aryl methyl sites for hydroxylation is 1. The molecule has 1 N–H and O–H groups in total. The van der Waals surface area contributed by atoms with Crippen molar-refractivity contribution in [2.75, 3.05) is 17.5 Å². The molecule has 0 saturated heterocycles. The number of sulfonamides is 1. The molecule has 2 aromatic carbocycles. The SMILES string of the molecule is O=C(COc1ccc(S(=O)(=O)N2CCCc3ccccc32)cc1Cl)NCc1ccccn1. The number of rotatable bonds is 7. The summed E-state index contributed by atoms with van der Waals surface area (Å²) in [6.07, 6.45) is 3.24. The van der Waals surface area contributed by atoms with Crippen LogP contribution in [-0.2, 0) is 27.8 Å². The Kier molecular flexibility index (Phi) is 6.62. The minimum absolute atomic E-state index is 0.0751. The minimum Gasteiger partial charge on any atom is -0.482 e. The van der Waals surface area contributed by atoms with Crippen LogP contribution in [0.4, 0.5) is 5.69 Å². The summed E-state index contributed by atoms with van der Waals surface area (Å²) in [6, 6.07) is 17.2. The first-order valence-corrected chi connectivity index (χ1v) is 12.0.